The number of aromatic hydroxyl groups is 1. The van der Waals surface area contributed by atoms with Crippen molar-refractivity contribution in [2.45, 2.75) is 6.10 Å². The second kappa shape index (κ2) is 7.41. The molecule has 0 spiro atoms. The van der Waals surface area contributed by atoms with Crippen LogP contribution in [0.25, 0.3) is 6.08 Å². The van der Waals surface area contributed by atoms with E-state index in [1.54, 1.807) is 31.4 Å². The fourth-order valence-electron chi connectivity index (χ4n) is 3.17. The van der Waals surface area contributed by atoms with Crippen LogP contribution in [-0.2, 0) is 0 Å². The topological polar surface area (TPSA) is 55.8 Å². The fourth-order valence-corrected chi connectivity index (χ4v) is 3.30. The molecular formula is C23H17ClO4. The Hall–Kier alpha value is -3.24. The Morgan fingerprint density at radius 2 is 1.75 bits per heavy atom. The van der Waals surface area contributed by atoms with Crippen LogP contribution in [0, 0.1) is 0 Å². The second-order valence-corrected chi connectivity index (χ2v) is 6.87. The minimum Gasteiger partial charge on any atom is -0.508 e. The van der Waals surface area contributed by atoms with Crippen molar-refractivity contribution in [3.8, 4) is 17.2 Å². The van der Waals surface area contributed by atoms with Crippen LogP contribution >= 0.6 is 11.6 Å². The summed E-state index contributed by atoms with van der Waals surface area (Å²) in [7, 11) is 1.60. The first kappa shape index (κ1) is 18.1. The summed E-state index contributed by atoms with van der Waals surface area (Å²) < 4.78 is 11.3. The summed E-state index contributed by atoms with van der Waals surface area (Å²) in [4.78, 5) is 13.2. The number of hydrogen-bond donors (Lipinski definition) is 1. The zero-order chi connectivity index (χ0) is 19.7. The fraction of sp³-hybridized carbons (Fsp3) is 0.0870. The van der Waals surface area contributed by atoms with Crippen molar-refractivity contribution in [1.29, 1.82) is 0 Å². The van der Waals surface area contributed by atoms with Gasteiger partial charge in [-0.1, -0.05) is 35.9 Å². The molecule has 0 aromatic heterocycles. The molecule has 0 saturated heterocycles. The predicted molar refractivity (Wildman–Crippen MR) is 108 cm³/mol. The van der Waals surface area contributed by atoms with Crippen LogP contribution in [0.15, 0.2) is 72.3 Å². The smallest absolute Gasteiger partial charge is 0.196 e. The molecule has 1 aliphatic heterocycles. The normalized spacial score (nSPS) is 17.1. The third-order valence-corrected chi connectivity index (χ3v) is 4.86. The van der Waals surface area contributed by atoms with E-state index in [1.165, 1.54) is 12.1 Å². The van der Waals surface area contributed by atoms with Gasteiger partial charge >= 0.3 is 0 Å². The summed E-state index contributed by atoms with van der Waals surface area (Å²) >= 11 is 6.01. The largest absolute Gasteiger partial charge is 0.508 e. The lowest BCUT2D eigenvalue weighted by molar-refractivity contribution is 0.0963. The molecule has 140 valence electrons. The van der Waals surface area contributed by atoms with Gasteiger partial charge in [0, 0.05) is 10.6 Å². The Kier molecular flexibility index (Phi) is 4.80. The molecule has 0 bridgehead atoms. The molecule has 5 heteroatoms. The highest BCUT2D eigenvalue weighted by Crippen LogP contribution is 2.40. The standard InChI is InChI=1S/C23H17ClO4/c1-27-18-9-2-14(3-10-18)12-20-22(26)19-13-17(25)8-11-21(19)28-23(20)15-4-6-16(24)7-5-15/h2-13,23,25H,1H3. The molecule has 1 N–H and O–H groups in total. The molecule has 1 atom stereocenters. The van der Waals surface area contributed by atoms with Crippen LogP contribution in [0.2, 0.25) is 5.02 Å². The first-order valence-corrected chi connectivity index (χ1v) is 9.08. The molecule has 1 unspecified atom stereocenters. The van der Waals surface area contributed by atoms with Gasteiger partial charge in [-0.05, 0) is 59.7 Å². The molecule has 28 heavy (non-hydrogen) atoms. The lowest BCUT2D eigenvalue weighted by Crippen LogP contribution is -2.23. The van der Waals surface area contributed by atoms with Crippen molar-refractivity contribution in [3.05, 3.63) is 94.0 Å². The minimum absolute atomic E-state index is 0.0180. The lowest BCUT2D eigenvalue weighted by Gasteiger charge is -2.28. The number of fused-ring (bicyclic) bond motifs is 1. The Labute approximate surface area is 167 Å². The number of ketones is 1. The van der Waals surface area contributed by atoms with Gasteiger partial charge in [-0.2, -0.15) is 0 Å². The number of hydrogen-bond acceptors (Lipinski definition) is 4. The number of rotatable bonds is 3. The number of carbonyl (C=O) groups is 1. The molecule has 0 amide bonds. The second-order valence-electron chi connectivity index (χ2n) is 6.43. The van der Waals surface area contributed by atoms with E-state index in [0.717, 1.165) is 16.9 Å². The van der Waals surface area contributed by atoms with Gasteiger partial charge < -0.3 is 14.6 Å². The number of ether oxygens (including phenoxy) is 2. The van der Waals surface area contributed by atoms with Gasteiger partial charge in [0.05, 0.1) is 12.7 Å². The number of carbonyl (C=O) groups excluding carboxylic acids is 1. The zero-order valence-electron chi connectivity index (χ0n) is 15.1. The summed E-state index contributed by atoms with van der Waals surface area (Å²) in [6.07, 6.45) is 1.22. The van der Waals surface area contributed by atoms with Gasteiger partial charge in [0.15, 0.2) is 11.9 Å². The number of Topliss-reactive ketones (excluding diaryl/α,β-unsaturated/α-hetero) is 1. The number of benzene rings is 3. The summed E-state index contributed by atoms with van der Waals surface area (Å²) in [5.74, 6) is 1.00. The maximum Gasteiger partial charge on any atom is 0.196 e. The van der Waals surface area contributed by atoms with Gasteiger partial charge in [-0.25, -0.2) is 0 Å². The molecule has 0 aliphatic carbocycles. The Bertz CT molecular complexity index is 1050. The monoisotopic (exact) mass is 392 g/mol. The highest BCUT2D eigenvalue weighted by molar-refractivity contribution is 6.30. The Balaban J connectivity index is 1.83. The first-order chi connectivity index (χ1) is 13.5. The van der Waals surface area contributed by atoms with E-state index in [9.17, 15) is 9.90 Å². The van der Waals surface area contributed by atoms with Crippen LogP contribution in [0.5, 0.6) is 17.2 Å². The molecule has 1 aliphatic rings. The zero-order valence-corrected chi connectivity index (χ0v) is 15.8. The van der Waals surface area contributed by atoms with Crippen LogP contribution in [-0.4, -0.2) is 18.0 Å². The molecule has 3 aromatic carbocycles. The molecule has 3 aromatic rings. The third-order valence-electron chi connectivity index (χ3n) is 4.61. The van der Waals surface area contributed by atoms with E-state index >= 15 is 0 Å². The van der Waals surface area contributed by atoms with Crippen molar-refractivity contribution >= 4 is 23.5 Å². The molecule has 4 nitrogen and oxygen atoms in total. The SMILES string of the molecule is COc1ccc(C=C2C(=O)c3cc(O)ccc3OC2c2ccc(Cl)cc2)cc1. The summed E-state index contributed by atoms with van der Waals surface area (Å²) in [5.41, 5.74) is 2.47. The van der Waals surface area contributed by atoms with Gasteiger partial charge in [0.25, 0.3) is 0 Å². The number of phenolic OH excluding ortho intramolecular Hbond substituents is 1. The van der Waals surface area contributed by atoms with E-state index in [1.807, 2.05) is 36.4 Å². The van der Waals surface area contributed by atoms with E-state index in [0.29, 0.717) is 21.9 Å². The first-order valence-electron chi connectivity index (χ1n) is 8.70. The highest BCUT2D eigenvalue weighted by Gasteiger charge is 2.33. The van der Waals surface area contributed by atoms with E-state index in [-0.39, 0.29) is 11.5 Å². The lowest BCUT2D eigenvalue weighted by atomic mass is 9.89. The van der Waals surface area contributed by atoms with Crippen LogP contribution in [0.3, 0.4) is 0 Å². The van der Waals surface area contributed by atoms with Crippen molar-refractivity contribution in [2.24, 2.45) is 0 Å². The average Bonchev–Trinajstić information content (AvgIpc) is 2.71. The number of phenols is 1. The highest BCUT2D eigenvalue weighted by atomic mass is 35.5. The van der Waals surface area contributed by atoms with E-state index in [4.69, 9.17) is 21.1 Å². The average molecular weight is 393 g/mol. The summed E-state index contributed by atoms with van der Waals surface area (Å²) in [5, 5.41) is 10.4. The maximum atomic E-state index is 13.2. The van der Waals surface area contributed by atoms with Crippen molar-refractivity contribution in [3.63, 3.8) is 0 Å². The van der Waals surface area contributed by atoms with Crippen LogP contribution in [0.4, 0.5) is 0 Å². The predicted octanol–water partition coefficient (Wildman–Crippen LogP) is 5.45. The number of methoxy groups -OCH3 is 1. The van der Waals surface area contributed by atoms with Crippen molar-refractivity contribution in [2.75, 3.05) is 7.11 Å². The van der Waals surface area contributed by atoms with Gasteiger partial charge in [0.1, 0.15) is 17.2 Å². The number of halogens is 1. The quantitative estimate of drug-likeness (QED) is 0.602. The minimum atomic E-state index is -0.580. The van der Waals surface area contributed by atoms with E-state index in [2.05, 4.69) is 0 Å². The molecule has 4 rings (SSSR count). The molecular weight excluding hydrogens is 376 g/mol. The van der Waals surface area contributed by atoms with Gasteiger partial charge in [-0.15, -0.1) is 0 Å². The van der Waals surface area contributed by atoms with Crippen LogP contribution in [0.1, 0.15) is 27.6 Å². The molecule has 0 fully saturated rings. The molecule has 1 heterocycles. The molecule has 0 radical (unpaired) electrons. The third kappa shape index (κ3) is 3.47. The van der Waals surface area contributed by atoms with Gasteiger partial charge in [-0.3, -0.25) is 4.79 Å². The van der Waals surface area contributed by atoms with Crippen LogP contribution < -0.4 is 9.47 Å². The Morgan fingerprint density at radius 3 is 2.43 bits per heavy atom. The Morgan fingerprint density at radius 1 is 1.04 bits per heavy atom. The summed E-state index contributed by atoms with van der Waals surface area (Å²) in [6.45, 7) is 0. The van der Waals surface area contributed by atoms with Crippen molar-refractivity contribution in [1.82, 2.24) is 0 Å². The van der Waals surface area contributed by atoms with E-state index < -0.39 is 6.10 Å². The summed E-state index contributed by atoms with van der Waals surface area (Å²) in [6, 6.07) is 19.2. The van der Waals surface area contributed by atoms with Crippen molar-refractivity contribution < 1.29 is 19.4 Å². The maximum absolute atomic E-state index is 13.2. The molecule has 0 saturated carbocycles. The van der Waals surface area contributed by atoms with Gasteiger partial charge in [0.2, 0.25) is 0 Å².